The smallest absolute Gasteiger partial charge is 0.167 e. The van der Waals surface area contributed by atoms with Crippen molar-refractivity contribution in [1.29, 1.82) is 0 Å². The van der Waals surface area contributed by atoms with Gasteiger partial charge in [0.2, 0.25) is 0 Å². The number of benzene rings is 1. The van der Waals surface area contributed by atoms with E-state index in [9.17, 15) is 0 Å². The van der Waals surface area contributed by atoms with Crippen molar-refractivity contribution < 1.29 is 4.74 Å². The van der Waals surface area contributed by atoms with Gasteiger partial charge in [-0.3, -0.25) is 4.57 Å². The van der Waals surface area contributed by atoms with E-state index in [2.05, 4.69) is 54.4 Å². The lowest BCUT2D eigenvalue weighted by atomic mass is 10.2. The highest BCUT2D eigenvalue weighted by molar-refractivity contribution is 9.10. The first-order valence-electron chi connectivity index (χ1n) is 9.32. The van der Waals surface area contributed by atoms with E-state index < -0.39 is 0 Å². The van der Waals surface area contributed by atoms with Crippen molar-refractivity contribution in [2.45, 2.75) is 31.7 Å². The Hall–Kier alpha value is -1.68. The highest BCUT2D eigenvalue weighted by atomic mass is 79.9. The number of hydrogen-bond donors (Lipinski definition) is 2. The van der Waals surface area contributed by atoms with Gasteiger partial charge >= 0.3 is 0 Å². The molecular weight excluding hydrogens is 440 g/mol. The van der Waals surface area contributed by atoms with Gasteiger partial charge in [-0.2, -0.15) is 11.8 Å². The number of fused-ring (bicyclic) bond motifs is 1. The standard InChI is InChI=1S/C19H23BrN6OS/c20-14-3-1-2-13(8-14)9-22-6-7-28-10-15-4-5-16(27-15)26-12-25-17-18(21)23-11-24-19(17)26/h1-3,8,11-12,15-16,22H,4-7,9-10H2,(H2,21,23,24). The van der Waals surface area contributed by atoms with Gasteiger partial charge < -0.3 is 15.8 Å². The highest BCUT2D eigenvalue weighted by Gasteiger charge is 2.28. The fraction of sp³-hybridized carbons (Fsp3) is 0.421. The molecule has 1 fully saturated rings. The topological polar surface area (TPSA) is 90.9 Å². The monoisotopic (exact) mass is 462 g/mol. The van der Waals surface area contributed by atoms with Gasteiger partial charge in [0.25, 0.3) is 0 Å². The Morgan fingerprint density at radius 3 is 3.11 bits per heavy atom. The third-order valence-electron chi connectivity index (χ3n) is 4.73. The van der Waals surface area contributed by atoms with E-state index in [1.165, 1.54) is 11.9 Å². The lowest BCUT2D eigenvalue weighted by Crippen LogP contribution is -2.18. The first-order valence-corrected chi connectivity index (χ1v) is 11.3. The number of nitrogens with zero attached hydrogens (tertiary/aromatic N) is 4. The number of halogens is 1. The van der Waals surface area contributed by atoms with Crippen LogP contribution in [0.2, 0.25) is 0 Å². The highest BCUT2D eigenvalue weighted by Crippen LogP contribution is 2.32. The second-order valence-electron chi connectivity index (χ2n) is 6.75. The maximum absolute atomic E-state index is 6.22. The number of ether oxygens (including phenoxy) is 1. The Balaban J connectivity index is 1.18. The van der Waals surface area contributed by atoms with E-state index in [0.717, 1.165) is 47.6 Å². The van der Waals surface area contributed by atoms with Gasteiger partial charge in [0.1, 0.15) is 18.1 Å². The van der Waals surface area contributed by atoms with E-state index in [-0.39, 0.29) is 12.3 Å². The number of anilines is 1. The molecule has 0 bridgehead atoms. The summed E-state index contributed by atoms with van der Waals surface area (Å²) < 4.78 is 9.31. The van der Waals surface area contributed by atoms with E-state index in [1.807, 2.05) is 22.4 Å². The van der Waals surface area contributed by atoms with Gasteiger partial charge in [0.05, 0.1) is 12.4 Å². The van der Waals surface area contributed by atoms with Crippen LogP contribution >= 0.6 is 27.7 Å². The van der Waals surface area contributed by atoms with E-state index in [4.69, 9.17) is 10.5 Å². The van der Waals surface area contributed by atoms with Crippen LogP contribution in [0, 0.1) is 0 Å². The molecule has 1 aromatic carbocycles. The molecule has 28 heavy (non-hydrogen) atoms. The Morgan fingerprint density at radius 1 is 1.29 bits per heavy atom. The minimum absolute atomic E-state index is 0.0282. The molecular formula is C19H23BrN6OS. The summed E-state index contributed by atoms with van der Waals surface area (Å²) in [6.07, 6.45) is 5.46. The Morgan fingerprint density at radius 2 is 2.21 bits per heavy atom. The van der Waals surface area contributed by atoms with E-state index in [1.54, 1.807) is 6.33 Å². The van der Waals surface area contributed by atoms with Gasteiger partial charge in [-0.1, -0.05) is 28.1 Å². The van der Waals surface area contributed by atoms with Crippen LogP contribution in [0.3, 0.4) is 0 Å². The zero-order chi connectivity index (χ0) is 19.3. The van der Waals surface area contributed by atoms with Crippen molar-refractivity contribution in [3.63, 3.8) is 0 Å². The summed E-state index contributed by atoms with van der Waals surface area (Å²) in [5.74, 6) is 2.47. The zero-order valence-electron chi connectivity index (χ0n) is 15.4. The molecule has 1 aliphatic rings. The molecule has 1 saturated heterocycles. The number of nitrogen functional groups attached to an aromatic ring is 1. The molecule has 4 rings (SSSR count). The average Bonchev–Trinajstić information content (AvgIpc) is 3.32. The first-order chi connectivity index (χ1) is 13.7. The van der Waals surface area contributed by atoms with Crippen molar-refractivity contribution in [3.8, 4) is 0 Å². The van der Waals surface area contributed by atoms with Crippen molar-refractivity contribution in [2.24, 2.45) is 0 Å². The van der Waals surface area contributed by atoms with Crippen LogP contribution in [-0.4, -0.2) is 43.7 Å². The molecule has 7 nitrogen and oxygen atoms in total. The number of rotatable bonds is 8. The quantitative estimate of drug-likeness (QED) is 0.495. The van der Waals surface area contributed by atoms with Crippen molar-refractivity contribution in [3.05, 3.63) is 47.0 Å². The molecule has 148 valence electrons. The summed E-state index contributed by atoms with van der Waals surface area (Å²) in [4.78, 5) is 12.6. The third-order valence-corrected chi connectivity index (χ3v) is 6.32. The fourth-order valence-corrected chi connectivity index (χ4v) is 4.74. The van der Waals surface area contributed by atoms with Crippen LogP contribution < -0.4 is 11.1 Å². The van der Waals surface area contributed by atoms with Gasteiger partial charge in [-0.05, 0) is 30.5 Å². The molecule has 9 heteroatoms. The Labute approximate surface area is 176 Å². The largest absolute Gasteiger partial charge is 0.382 e. The number of hydrogen-bond acceptors (Lipinski definition) is 7. The molecule has 2 unspecified atom stereocenters. The molecule has 0 spiro atoms. The minimum Gasteiger partial charge on any atom is -0.382 e. The van der Waals surface area contributed by atoms with E-state index in [0.29, 0.717) is 11.3 Å². The maximum atomic E-state index is 6.22. The third kappa shape index (κ3) is 4.65. The molecule has 0 aliphatic carbocycles. The predicted molar refractivity (Wildman–Crippen MR) is 116 cm³/mol. The van der Waals surface area contributed by atoms with Gasteiger partial charge in [0.15, 0.2) is 11.5 Å². The first kappa shape index (κ1) is 19.6. The Kier molecular flexibility index (Phi) is 6.46. The summed E-state index contributed by atoms with van der Waals surface area (Å²) in [7, 11) is 0. The lowest BCUT2D eigenvalue weighted by Gasteiger charge is -2.15. The molecule has 0 radical (unpaired) electrons. The minimum atomic E-state index is -0.0282. The summed E-state index contributed by atoms with van der Waals surface area (Å²) in [6.45, 7) is 1.87. The van der Waals surface area contributed by atoms with Gasteiger partial charge in [0, 0.05) is 29.1 Å². The predicted octanol–water partition coefficient (Wildman–Crippen LogP) is 3.37. The van der Waals surface area contributed by atoms with Crippen molar-refractivity contribution >= 4 is 44.7 Å². The molecule has 0 amide bonds. The molecule has 3 heterocycles. The molecule has 2 atom stereocenters. The molecule has 2 aromatic heterocycles. The summed E-state index contributed by atoms with van der Waals surface area (Å²) in [5, 5.41) is 3.49. The van der Waals surface area contributed by atoms with Crippen molar-refractivity contribution in [2.75, 3.05) is 23.8 Å². The normalized spacial score (nSPS) is 19.5. The van der Waals surface area contributed by atoms with E-state index >= 15 is 0 Å². The van der Waals surface area contributed by atoms with Gasteiger partial charge in [-0.25, -0.2) is 15.0 Å². The second kappa shape index (κ2) is 9.21. The van der Waals surface area contributed by atoms with Crippen LogP contribution in [0.5, 0.6) is 0 Å². The van der Waals surface area contributed by atoms with Crippen LogP contribution in [0.1, 0.15) is 24.6 Å². The second-order valence-corrected chi connectivity index (χ2v) is 8.82. The lowest BCUT2D eigenvalue weighted by molar-refractivity contribution is 0.0153. The molecule has 3 aromatic rings. The number of nitrogens with one attached hydrogen (secondary N) is 1. The number of thioether (sulfide) groups is 1. The van der Waals surface area contributed by atoms with Crippen LogP contribution in [-0.2, 0) is 11.3 Å². The molecule has 1 aliphatic heterocycles. The number of aromatic nitrogens is 4. The zero-order valence-corrected chi connectivity index (χ0v) is 17.8. The van der Waals surface area contributed by atoms with Crippen LogP contribution in [0.25, 0.3) is 11.2 Å². The summed E-state index contributed by atoms with van der Waals surface area (Å²) in [5.41, 5.74) is 8.53. The molecule has 3 N–H and O–H groups in total. The summed E-state index contributed by atoms with van der Waals surface area (Å²) >= 11 is 5.43. The molecule has 0 saturated carbocycles. The number of nitrogens with two attached hydrogens (primary N) is 1. The van der Waals surface area contributed by atoms with Crippen LogP contribution in [0.4, 0.5) is 5.82 Å². The Bertz CT molecular complexity index is 936. The number of imidazole rings is 1. The van der Waals surface area contributed by atoms with Crippen LogP contribution in [0.15, 0.2) is 41.4 Å². The fourth-order valence-electron chi connectivity index (χ4n) is 3.33. The average molecular weight is 463 g/mol. The maximum Gasteiger partial charge on any atom is 0.167 e. The van der Waals surface area contributed by atoms with Crippen molar-refractivity contribution in [1.82, 2.24) is 24.8 Å². The SMILES string of the molecule is Nc1ncnc2c1ncn2C1CCC(CSCCNCc2cccc(Br)c2)O1. The summed E-state index contributed by atoms with van der Waals surface area (Å²) in [6, 6.07) is 8.39. The van der Waals surface area contributed by atoms with Gasteiger partial charge in [-0.15, -0.1) is 0 Å².